The summed E-state index contributed by atoms with van der Waals surface area (Å²) in [7, 11) is 0. The van der Waals surface area contributed by atoms with Crippen molar-refractivity contribution in [3.8, 4) is 11.4 Å². The third-order valence-electron chi connectivity index (χ3n) is 2.74. The van der Waals surface area contributed by atoms with Crippen molar-refractivity contribution in [2.24, 2.45) is 0 Å². The third kappa shape index (κ3) is 3.17. The Morgan fingerprint density at radius 3 is 2.38 bits per heavy atom. The molecule has 0 saturated carbocycles. The highest BCUT2D eigenvalue weighted by atomic mass is 79.9. The fourth-order valence-corrected chi connectivity index (χ4v) is 2.06. The van der Waals surface area contributed by atoms with Gasteiger partial charge in [0, 0.05) is 5.56 Å². The molecule has 3 aromatic rings. The topological polar surface area (TPSA) is 68.0 Å². The van der Waals surface area contributed by atoms with Crippen LogP contribution in [0.1, 0.15) is 10.6 Å². The summed E-state index contributed by atoms with van der Waals surface area (Å²) in [6, 6.07) is 12.9. The maximum Gasteiger partial charge on any atom is 0.291 e. The van der Waals surface area contributed by atoms with Crippen LogP contribution >= 0.6 is 15.9 Å². The number of nitrogens with zero attached hydrogens (tertiary/aromatic N) is 2. The summed E-state index contributed by atoms with van der Waals surface area (Å²) in [5, 5.41) is 2.67. The van der Waals surface area contributed by atoms with Crippen LogP contribution in [0.3, 0.4) is 0 Å². The van der Waals surface area contributed by atoms with Crippen LogP contribution in [-0.4, -0.2) is 15.9 Å². The fourth-order valence-electron chi connectivity index (χ4n) is 1.76. The molecule has 104 valence electrons. The average Bonchev–Trinajstić information content (AvgIpc) is 2.96. The van der Waals surface area contributed by atoms with Crippen LogP contribution in [0.2, 0.25) is 0 Å². The lowest BCUT2D eigenvalue weighted by Crippen LogP contribution is -2.11. The molecule has 0 bridgehead atoms. The lowest BCUT2D eigenvalue weighted by molar-refractivity contribution is 0.0995. The van der Waals surface area contributed by atoms with Crippen molar-refractivity contribution in [2.45, 2.75) is 0 Å². The minimum absolute atomic E-state index is 0.217. The summed E-state index contributed by atoms with van der Waals surface area (Å²) < 4.78 is 5.68. The van der Waals surface area contributed by atoms with E-state index in [0.717, 1.165) is 5.56 Å². The molecular weight excluding hydrogens is 334 g/mol. The second-order valence-electron chi connectivity index (χ2n) is 4.22. The van der Waals surface area contributed by atoms with Gasteiger partial charge in [0.15, 0.2) is 16.3 Å². The Kier molecular flexibility index (Phi) is 3.79. The Morgan fingerprint density at radius 1 is 1.05 bits per heavy atom. The minimum Gasteiger partial charge on any atom is -0.444 e. The highest BCUT2D eigenvalue weighted by molar-refractivity contribution is 9.10. The lowest BCUT2D eigenvalue weighted by atomic mass is 10.2. The smallest absolute Gasteiger partial charge is 0.291 e. The van der Waals surface area contributed by atoms with E-state index in [1.54, 1.807) is 24.5 Å². The number of furan rings is 1. The van der Waals surface area contributed by atoms with E-state index in [9.17, 15) is 4.79 Å². The molecule has 0 aliphatic rings. The van der Waals surface area contributed by atoms with Crippen molar-refractivity contribution in [1.82, 2.24) is 9.97 Å². The number of halogens is 1. The number of carbonyl (C=O) groups excluding carboxylic acids is 1. The van der Waals surface area contributed by atoms with Crippen LogP contribution in [0.5, 0.6) is 0 Å². The van der Waals surface area contributed by atoms with Gasteiger partial charge < -0.3 is 9.73 Å². The van der Waals surface area contributed by atoms with E-state index >= 15 is 0 Å². The molecule has 1 aromatic carbocycles. The standard InChI is InChI=1S/C15H10BrN3O2/c16-13-7-6-12(21-13)15(20)19-11-8-17-14(18-9-11)10-4-2-1-3-5-10/h1-9H,(H,19,20). The summed E-state index contributed by atoms with van der Waals surface area (Å²) in [6.07, 6.45) is 3.12. The summed E-state index contributed by atoms with van der Waals surface area (Å²) in [5.74, 6) is 0.472. The highest BCUT2D eigenvalue weighted by Gasteiger charge is 2.11. The Morgan fingerprint density at radius 2 is 1.76 bits per heavy atom. The van der Waals surface area contributed by atoms with Crippen molar-refractivity contribution in [3.05, 3.63) is 65.3 Å². The van der Waals surface area contributed by atoms with Gasteiger partial charge in [0.05, 0.1) is 18.1 Å². The zero-order valence-electron chi connectivity index (χ0n) is 10.8. The van der Waals surface area contributed by atoms with Crippen molar-refractivity contribution in [2.75, 3.05) is 5.32 Å². The van der Waals surface area contributed by atoms with Crippen molar-refractivity contribution < 1.29 is 9.21 Å². The van der Waals surface area contributed by atoms with E-state index in [4.69, 9.17) is 4.42 Å². The van der Waals surface area contributed by atoms with Crippen LogP contribution < -0.4 is 5.32 Å². The largest absolute Gasteiger partial charge is 0.444 e. The van der Waals surface area contributed by atoms with Crippen molar-refractivity contribution >= 4 is 27.5 Å². The Bertz CT molecular complexity index is 754. The Balaban J connectivity index is 1.74. The van der Waals surface area contributed by atoms with E-state index in [0.29, 0.717) is 16.2 Å². The van der Waals surface area contributed by atoms with Crippen LogP contribution in [0, 0.1) is 0 Å². The normalized spacial score (nSPS) is 10.3. The van der Waals surface area contributed by atoms with E-state index in [1.165, 1.54) is 0 Å². The number of carbonyl (C=O) groups is 1. The van der Waals surface area contributed by atoms with Gasteiger partial charge in [0.1, 0.15) is 0 Å². The molecule has 5 nitrogen and oxygen atoms in total. The SMILES string of the molecule is O=C(Nc1cnc(-c2ccccc2)nc1)c1ccc(Br)o1. The first-order valence-electron chi connectivity index (χ1n) is 6.16. The summed E-state index contributed by atoms with van der Waals surface area (Å²) in [5.41, 5.74) is 1.43. The molecule has 1 amide bonds. The molecule has 0 aliphatic carbocycles. The lowest BCUT2D eigenvalue weighted by Gasteiger charge is -2.04. The predicted octanol–water partition coefficient (Wildman–Crippen LogP) is 3.75. The molecule has 21 heavy (non-hydrogen) atoms. The molecule has 2 heterocycles. The van der Waals surface area contributed by atoms with Crippen LogP contribution in [0.4, 0.5) is 5.69 Å². The number of nitrogens with one attached hydrogen (secondary N) is 1. The van der Waals surface area contributed by atoms with Crippen molar-refractivity contribution in [3.63, 3.8) is 0 Å². The maximum absolute atomic E-state index is 11.9. The third-order valence-corrected chi connectivity index (χ3v) is 3.16. The molecule has 0 atom stereocenters. The second-order valence-corrected chi connectivity index (χ2v) is 5.00. The minimum atomic E-state index is -0.350. The first kappa shape index (κ1) is 13.5. The quantitative estimate of drug-likeness (QED) is 0.786. The van der Waals surface area contributed by atoms with E-state index in [2.05, 4.69) is 31.2 Å². The maximum atomic E-state index is 11.9. The molecule has 0 spiro atoms. The van der Waals surface area contributed by atoms with Gasteiger partial charge in [0.25, 0.3) is 5.91 Å². The molecule has 1 N–H and O–H groups in total. The number of hydrogen-bond donors (Lipinski definition) is 1. The zero-order chi connectivity index (χ0) is 14.7. The molecule has 0 unspecified atom stereocenters. The van der Waals surface area contributed by atoms with Gasteiger partial charge in [0.2, 0.25) is 0 Å². The summed E-state index contributed by atoms with van der Waals surface area (Å²) in [6.45, 7) is 0. The molecule has 3 rings (SSSR count). The molecule has 6 heteroatoms. The molecule has 2 aromatic heterocycles. The van der Waals surface area contributed by atoms with E-state index in [-0.39, 0.29) is 11.7 Å². The van der Waals surface area contributed by atoms with Gasteiger partial charge in [-0.1, -0.05) is 30.3 Å². The van der Waals surface area contributed by atoms with Gasteiger partial charge in [-0.15, -0.1) is 0 Å². The molecule has 0 aliphatic heterocycles. The van der Waals surface area contributed by atoms with E-state index < -0.39 is 0 Å². The number of benzene rings is 1. The fraction of sp³-hybridized carbons (Fsp3) is 0. The summed E-state index contributed by atoms with van der Waals surface area (Å²) in [4.78, 5) is 20.4. The summed E-state index contributed by atoms with van der Waals surface area (Å²) >= 11 is 3.15. The first-order chi connectivity index (χ1) is 10.2. The Labute approximate surface area is 129 Å². The van der Waals surface area contributed by atoms with Crippen LogP contribution in [0.15, 0.2) is 63.9 Å². The molecular formula is C15H10BrN3O2. The second kappa shape index (κ2) is 5.88. The number of anilines is 1. The van der Waals surface area contributed by atoms with Gasteiger partial charge in [-0.05, 0) is 28.1 Å². The van der Waals surface area contributed by atoms with Gasteiger partial charge in [-0.3, -0.25) is 4.79 Å². The average molecular weight is 344 g/mol. The molecule has 0 radical (unpaired) electrons. The molecule has 0 saturated heterocycles. The van der Waals surface area contributed by atoms with Gasteiger partial charge in [-0.25, -0.2) is 9.97 Å². The Hall–Kier alpha value is -2.47. The number of aromatic nitrogens is 2. The van der Waals surface area contributed by atoms with E-state index in [1.807, 2.05) is 30.3 Å². The number of hydrogen-bond acceptors (Lipinski definition) is 4. The molecule has 0 fully saturated rings. The van der Waals surface area contributed by atoms with Gasteiger partial charge in [-0.2, -0.15) is 0 Å². The first-order valence-corrected chi connectivity index (χ1v) is 6.96. The van der Waals surface area contributed by atoms with Crippen LogP contribution in [0.25, 0.3) is 11.4 Å². The van der Waals surface area contributed by atoms with Gasteiger partial charge >= 0.3 is 0 Å². The highest BCUT2D eigenvalue weighted by Crippen LogP contribution is 2.17. The van der Waals surface area contributed by atoms with Crippen molar-refractivity contribution in [1.29, 1.82) is 0 Å². The van der Waals surface area contributed by atoms with Crippen LogP contribution in [-0.2, 0) is 0 Å². The number of amides is 1. The predicted molar refractivity (Wildman–Crippen MR) is 81.8 cm³/mol. The zero-order valence-corrected chi connectivity index (χ0v) is 12.4. The monoisotopic (exact) mass is 343 g/mol. The number of rotatable bonds is 3.